The number of oxazole rings is 1. The van der Waals surface area contributed by atoms with Gasteiger partial charge in [0.1, 0.15) is 0 Å². The van der Waals surface area contributed by atoms with Gasteiger partial charge in [-0.2, -0.15) is 13.2 Å². The quantitative estimate of drug-likeness (QED) is 0.00400. The Morgan fingerprint density at radius 1 is 0.583 bits per heavy atom. The van der Waals surface area contributed by atoms with E-state index in [0.29, 0.717) is 133 Å². The van der Waals surface area contributed by atoms with Gasteiger partial charge >= 0.3 is 172 Å². The standard InChI is InChI=1S/C65H76N8O22S4.BrH.3K/c1-66-50-22-20-44(68(28-12-34-96-94-92-80)29-13-35-97-95-93-81)38-46(50)48-40-54-56(42-52(48)66)88-62(70(54)32-10-4-8-18-64(78)90-72-58(74)24-25-59(72)75)16-6-3-7-17-63-71(33-11-5-9-19-65(79)91-73-60(76)26-27-61(73)77)55-41-49-47-39-45(21-23-51(47)67(2)53(49)43-57(55)89-63)69(30-14-36-98(82,83)84)31-15-37-99(85,86)87;;;;/h3,6-7,16-17,20-23,38-43H,4-5,8-15,18-19,24-37H2,1-2H3,(H3-,80,81,82,83,84,85,86,87);1H;;;/q;;3*+1/p-4. The van der Waals surface area contributed by atoms with E-state index < -0.39 is 67.3 Å². The number of imide groups is 2. The summed E-state index contributed by atoms with van der Waals surface area (Å²) in [5, 5.41) is 32.5. The number of hydrogen-bond acceptors (Lipinski definition) is 27. The van der Waals surface area contributed by atoms with Crippen molar-refractivity contribution in [3.63, 3.8) is 0 Å². The molecule has 2 fully saturated rings. The first kappa shape index (κ1) is 89.2. The molecule has 0 radical (unpaired) electrons. The molecule has 3 aliphatic rings. The summed E-state index contributed by atoms with van der Waals surface area (Å²) in [5.74, 6) is -2.36. The number of anilines is 3. The number of benzene rings is 4. The number of nitrogens with zero attached hydrogens (tertiary/aromatic N) is 8. The van der Waals surface area contributed by atoms with Crippen LogP contribution in [0.2, 0.25) is 0 Å². The summed E-state index contributed by atoms with van der Waals surface area (Å²) in [7, 11) is -5.22. The van der Waals surface area contributed by atoms with E-state index in [-0.39, 0.29) is 236 Å². The van der Waals surface area contributed by atoms with Crippen LogP contribution in [0.1, 0.15) is 109 Å². The third kappa shape index (κ3) is 24.1. The topological polar surface area (TPSA) is 371 Å². The number of carbonyl (C=O) groups excluding carboxylic acids is 6. The van der Waals surface area contributed by atoms with Gasteiger partial charge in [0.2, 0.25) is 11.5 Å². The number of aryl methyl sites for hydroxylation is 3. The molecule has 3 aliphatic heterocycles. The van der Waals surface area contributed by atoms with E-state index in [1.807, 2.05) is 96.1 Å². The van der Waals surface area contributed by atoms with Gasteiger partial charge in [-0.25, -0.2) is 26.4 Å². The van der Waals surface area contributed by atoms with Crippen molar-refractivity contribution in [3.05, 3.63) is 96.7 Å². The van der Waals surface area contributed by atoms with Crippen LogP contribution in [0.15, 0.2) is 95.3 Å². The van der Waals surface area contributed by atoms with Crippen LogP contribution in [0, 0.1) is 0 Å². The number of ether oxygens (including phenoxy) is 1. The number of hydroxylamine groups is 4. The van der Waals surface area contributed by atoms with E-state index in [4.69, 9.17) is 18.8 Å². The molecule has 0 atom stereocenters. The number of aromatic nitrogens is 3. The van der Waals surface area contributed by atoms with Crippen LogP contribution in [-0.4, -0.2) is 137 Å². The Morgan fingerprint density at radius 2 is 1.06 bits per heavy atom. The number of halogens is 1. The molecule has 0 aliphatic carbocycles. The molecule has 540 valence electrons. The number of rotatable bonds is 39. The Balaban J connectivity index is 0.00000417. The van der Waals surface area contributed by atoms with Crippen LogP contribution >= 0.6 is 24.1 Å². The van der Waals surface area contributed by atoms with Gasteiger partial charge in [0, 0.05) is 201 Å². The molecule has 10 rings (SSSR count). The summed E-state index contributed by atoms with van der Waals surface area (Å²) in [5.41, 5.74) is 7.09. The van der Waals surface area contributed by atoms with Crippen LogP contribution in [0.5, 0.6) is 5.75 Å². The van der Waals surface area contributed by atoms with Crippen molar-refractivity contribution in [3.8, 4) is 5.75 Å². The molecule has 2 saturated heterocycles. The van der Waals surface area contributed by atoms with Gasteiger partial charge in [0.25, 0.3) is 29.1 Å². The van der Waals surface area contributed by atoms with E-state index >= 15 is 0 Å². The largest absolute Gasteiger partial charge is 1.00 e. The zero-order valence-electron chi connectivity index (χ0n) is 57.6. The summed E-state index contributed by atoms with van der Waals surface area (Å²) < 4.78 is 97.9. The molecule has 4 amide bonds. The molecule has 4 aromatic carbocycles. The minimum Gasteiger partial charge on any atom is -1.00 e. The molecule has 3 aromatic heterocycles. The second kappa shape index (κ2) is 42.4. The van der Waals surface area contributed by atoms with Crippen molar-refractivity contribution in [2.75, 3.05) is 70.4 Å². The second-order valence-corrected chi connectivity index (χ2v) is 28.4. The molecule has 103 heavy (non-hydrogen) atoms. The van der Waals surface area contributed by atoms with Crippen molar-refractivity contribution in [1.82, 2.24) is 19.3 Å². The predicted molar refractivity (Wildman–Crippen MR) is 358 cm³/mol. The Labute approximate surface area is 740 Å². The molecule has 0 spiro atoms. The SMILES string of the molecule is Cn1c2ccc(N(CCCSOO[O-])CCCSOO[O-])cc2c2cc3c(cc21)O\C(=C/C=C/C=C/c1oc2cc4c(cc2[n+]1CCCCCC(=O)ON1C(=O)CCC1=O)c1cc(N(CCCS(=O)(=O)[O-])CCCS(=O)(=O)[O-])ccc1n4C)N3CCCCCC(=O)ON1C(=O)CCC1=O.[Br-].[K+].[K+].[K+]. The van der Waals surface area contributed by atoms with Gasteiger partial charge in [-0.15, -0.1) is 10.1 Å². The fourth-order valence-corrected chi connectivity index (χ4v) is 14.1. The zero-order valence-corrected chi connectivity index (χ0v) is 71.8. The molecule has 7 aromatic rings. The number of amides is 4. The molecule has 0 saturated carbocycles. The molecule has 0 unspecified atom stereocenters. The summed E-state index contributed by atoms with van der Waals surface area (Å²) >= 11 is 1.82. The van der Waals surface area contributed by atoms with E-state index in [9.17, 15) is 65.2 Å². The minimum atomic E-state index is -4.55. The Bertz CT molecular complexity index is 4430. The van der Waals surface area contributed by atoms with Crippen molar-refractivity contribution < 1.29 is 278 Å². The second-order valence-electron chi connectivity index (χ2n) is 23.8. The normalized spacial score (nSPS) is 14.4. The Kier molecular flexibility index (Phi) is 36.7. The maximum Gasteiger partial charge on any atom is 1.00 e. The first-order valence-electron chi connectivity index (χ1n) is 32.2. The minimum absolute atomic E-state index is 0. The van der Waals surface area contributed by atoms with E-state index in [2.05, 4.69) is 51.3 Å². The molecular weight excluding hydrogens is 1570 g/mol. The summed E-state index contributed by atoms with van der Waals surface area (Å²) in [6, 6.07) is 19.8. The smallest absolute Gasteiger partial charge is 1.00 e. The fraction of sp³-hybridized carbons (Fsp3) is 0.431. The average Bonchev–Trinajstić information content (AvgIpc) is 1.59. The van der Waals surface area contributed by atoms with Gasteiger partial charge in [0.15, 0.2) is 12.3 Å². The first-order valence-corrected chi connectivity index (χ1v) is 37.2. The average molecular weight is 1640 g/mol. The predicted octanol–water partition coefficient (Wildman–Crippen LogP) is -5.32. The van der Waals surface area contributed by atoms with Crippen LogP contribution < -0.4 is 206 Å². The molecule has 0 bridgehead atoms. The zero-order chi connectivity index (χ0) is 70.4. The molecular formula is C65H73BrK3N8O22S4-. The van der Waals surface area contributed by atoms with Crippen LogP contribution in [-0.2, 0) is 98.1 Å². The van der Waals surface area contributed by atoms with Crippen LogP contribution in [0.4, 0.5) is 17.1 Å². The molecule has 38 heteroatoms. The van der Waals surface area contributed by atoms with Crippen molar-refractivity contribution >= 4 is 158 Å². The van der Waals surface area contributed by atoms with Crippen molar-refractivity contribution in [2.45, 2.75) is 109 Å². The van der Waals surface area contributed by atoms with Crippen molar-refractivity contribution in [1.29, 1.82) is 0 Å². The fourth-order valence-electron chi connectivity index (χ4n) is 12.4. The molecule has 6 heterocycles. The maximum atomic E-state index is 12.7. The number of carbonyl (C=O) groups is 6. The first-order chi connectivity index (χ1) is 47.6. The van der Waals surface area contributed by atoms with E-state index in [0.717, 1.165) is 79.1 Å². The number of allylic oxidation sites excluding steroid dienone is 4. The van der Waals surface area contributed by atoms with Crippen molar-refractivity contribution in [2.24, 2.45) is 14.1 Å². The number of fused-ring (bicyclic) bond motifs is 8. The Morgan fingerprint density at radius 3 is 1.56 bits per heavy atom. The summed E-state index contributed by atoms with van der Waals surface area (Å²) in [6.45, 7) is 2.25. The summed E-state index contributed by atoms with van der Waals surface area (Å²) in [4.78, 5) is 90.1. The number of hydrogen-bond donors (Lipinski definition) is 0. The van der Waals surface area contributed by atoms with Gasteiger partial charge in [-0.1, -0.05) is 24.6 Å². The summed E-state index contributed by atoms with van der Waals surface area (Å²) in [6.07, 6.45) is 13.2. The van der Waals surface area contributed by atoms with Gasteiger partial charge in [0.05, 0.1) is 43.0 Å². The molecule has 0 N–H and O–H groups in total. The monoisotopic (exact) mass is 1640 g/mol. The molecule has 30 nitrogen and oxygen atoms in total. The third-order valence-electron chi connectivity index (χ3n) is 17.1. The Hall–Kier alpha value is -2.74. The van der Waals surface area contributed by atoms with Gasteiger partial charge < -0.3 is 79.3 Å². The van der Waals surface area contributed by atoms with Crippen LogP contribution in [0.25, 0.3) is 60.8 Å². The maximum absolute atomic E-state index is 12.7. The van der Waals surface area contributed by atoms with Gasteiger partial charge in [-0.3, -0.25) is 29.3 Å². The van der Waals surface area contributed by atoms with Crippen LogP contribution in [0.3, 0.4) is 0 Å². The number of unbranched alkanes of at least 4 members (excludes halogenated alkanes) is 4. The van der Waals surface area contributed by atoms with E-state index in [1.54, 1.807) is 4.90 Å². The third-order valence-corrected chi connectivity index (χ3v) is 19.9. The van der Waals surface area contributed by atoms with Gasteiger partial charge in [-0.05, 0) is 99.9 Å². The van der Waals surface area contributed by atoms with E-state index in [1.165, 1.54) is 0 Å².